The zero-order valence-electron chi connectivity index (χ0n) is 12.8. The Hall–Kier alpha value is -2.57. The van der Waals surface area contributed by atoms with Crippen molar-refractivity contribution in [1.29, 1.82) is 0 Å². The molecule has 0 radical (unpaired) electrons. The van der Waals surface area contributed by atoms with E-state index < -0.39 is 23.3 Å². The van der Waals surface area contributed by atoms with E-state index in [1.165, 1.54) is 4.90 Å². The lowest BCUT2D eigenvalue weighted by molar-refractivity contribution is 0.0744. The summed E-state index contributed by atoms with van der Waals surface area (Å²) in [7, 11) is 1.16. The highest BCUT2D eigenvalue weighted by molar-refractivity contribution is 5.95. The first-order valence-corrected chi connectivity index (χ1v) is 7.20. The largest absolute Gasteiger partial charge is 0.491 e. The molecule has 0 aliphatic carbocycles. The molecular formula is C16H15F2N3O2. The van der Waals surface area contributed by atoms with Gasteiger partial charge in [-0.25, -0.2) is 18.7 Å². The van der Waals surface area contributed by atoms with Crippen molar-refractivity contribution in [2.45, 2.75) is 26.4 Å². The van der Waals surface area contributed by atoms with Gasteiger partial charge >= 0.3 is 0 Å². The Kier molecular flexibility index (Phi) is 3.94. The minimum absolute atomic E-state index is 0.222. The topological polar surface area (TPSA) is 55.3 Å². The Morgan fingerprint density at radius 2 is 2.13 bits per heavy atom. The van der Waals surface area contributed by atoms with E-state index in [2.05, 4.69) is 14.7 Å². The Bertz CT molecular complexity index is 780. The van der Waals surface area contributed by atoms with Gasteiger partial charge in [0.2, 0.25) is 0 Å². The summed E-state index contributed by atoms with van der Waals surface area (Å²) in [6.07, 6.45) is 2.39. The van der Waals surface area contributed by atoms with Crippen LogP contribution >= 0.6 is 0 Å². The number of fused-ring (bicyclic) bond motifs is 1. The van der Waals surface area contributed by atoms with Gasteiger partial charge < -0.3 is 9.64 Å². The number of hydrogen-bond donors (Lipinski definition) is 0. The van der Waals surface area contributed by atoms with Crippen LogP contribution in [-0.4, -0.2) is 27.9 Å². The minimum Gasteiger partial charge on any atom is -0.491 e. The summed E-state index contributed by atoms with van der Waals surface area (Å²) in [6.45, 7) is 2.53. The molecule has 1 aliphatic rings. The summed E-state index contributed by atoms with van der Waals surface area (Å²) in [5.74, 6) is -2.22. The average molecular weight is 319 g/mol. The maximum Gasteiger partial charge on any atom is 0.257 e. The standard InChI is InChI=1S/C16H15F2N3O2/c1-3-13-19-6-9-7-21(8-12(9)20-13)16(22)10-4-5-11(17)15(23-2)14(10)18/h4-6H,3,7-8H2,1-2H3. The van der Waals surface area contributed by atoms with Crippen LogP contribution in [0.15, 0.2) is 18.3 Å². The van der Waals surface area contributed by atoms with Crippen molar-refractivity contribution in [2.24, 2.45) is 0 Å². The van der Waals surface area contributed by atoms with Gasteiger partial charge in [0.05, 0.1) is 24.9 Å². The molecule has 0 bridgehead atoms. The van der Waals surface area contributed by atoms with Crippen LogP contribution in [0.1, 0.15) is 34.4 Å². The zero-order valence-corrected chi connectivity index (χ0v) is 12.8. The molecule has 2 heterocycles. The number of nitrogens with zero attached hydrogens (tertiary/aromatic N) is 3. The van der Waals surface area contributed by atoms with Crippen LogP contribution in [-0.2, 0) is 19.5 Å². The molecule has 0 saturated carbocycles. The first kappa shape index (κ1) is 15.3. The van der Waals surface area contributed by atoms with E-state index in [1.54, 1.807) is 6.20 Å². The molecule has 1 aromatic heterocycles. The second-order valence-corrected chi connectivity index (χ2v) is 5.22. The van der Waals surface area contributed by atoms with Crippen molar-refractivity contribution in [3.63, 3.8) is 0 Å². The number of aromatic nitrogens is 2. The third-order valence-corrected chi connectivity index (χ3v) is 3.79. The molecule has 7 heteroatoms. The molecule has 1 aliphatic heterocycles. The van der Waals surface area contributed by atoms with Gasteiger partial charge in [-0.3, -0.25) is 4.79 Å². The first-order valence-electron chi connectivity index (χ1n) is 7.20. The molecule has 3 rings (SSSR count). The Morgan fingerprint density at radius 1 is 1.35 bits per heavy atom. The number of aryl methyl sites for hydroxylation is 1. The number of rotatable bonds is 3. The van der Waals surface area contributed by atoms with Gasteiger partial charge in [-0.1, -0.05) is 6.92 Å². The lowest BCUT2D eigenvalue weighted by Crippen LogP contribution is -2.26. The summed E-state index contributed by atoms with van der Waals surface area (Å²) in [4.78, 5) is 22.6. The molecule has 5 nitrogen and oxygen atoms in total. The number of benzene rings is 1. The van der Waals surface area contributed by atoms with E-state index in [1.807, 2.05) is 6.92 Å². The summed E-state index contributed by atoms with van der Waals surface area (Å²) in [5.41, 5.74) is 1.38. The molecule has 0 N–H and O–H groups in total. The smallest absolute Gasteiger partial charge is 0.257 e. The van der Waals surface area contributed by atoms with Gasteiger partial charge in [0.1, 0.15) is 5.82 Å². The van der Waals surface area contributed by atoms with Crippen LogP contribution in [0.2, 0.25) is 0 Å². The molecule has 0 atom stereocenters. The van der Waals surface area contributed by atoms with E-state index in [0.717, 1.165) is 30.5 Å². The number of carbonyl (C=O) groups is 1. The average Bonchev–Trinajstić information content (AvgIpc) is 2.97. The second kappa shape index (κ2) is 5.91. The van der Waals surface area contributed by atoms with Crippen LogP contribution in [0.5, 0.6) is 5.75 Å². The lowest BCUT2D eigenvalue weighted by Gasteiger charge is -2.16. The van der Waals surface area contributed by atoms with Crippen LogP contribution in [0, 0.1) is 11.6 Å². The van der Waals surface area contributed by atoms with Crippen LogP contribution in [0.25, 0.3) is 0 Å². The molecular weight excluding hydrogens is 304 g/mol. The van der Waals surface area contributed by atoms with E-state index in [0.29, 0.717) is 18.8 Å². The van der Waals surface area contributed by atoms with Crippen molar-refractivity contribution in [3.8, 4) is 5.75 Å². The molecule has 2 aromatic rings. The Balaban J connectivity index is 1.88. The quantitative estimate of drug-likeness (QED) is 0.872. The molecule has 23 heavy (non-hydrogen) atoms. The summed E-state index contributed by atoms with van der Waals surface area (Å²) in [5, 5.41) is 0. The molecule has 0 unspecified atom stereocenters. The maximum absolute atomic E-state index is 14.2. The maximum atomic E-state index is 14.2. The van der Waals surface area contributed by atoms with Crippen molar-refractivity contribution >= 4 is 5.91 Å². The molecule has 0 spiro atoms. The summed E-state index contributed by atoms with van der Waals surface area (Å²) >= 11 is 0. The fourth-order valence-corrected chi connectivity index (χ4v) is 2.56. The van der Waals surface area contributed by atoms with Gasteiger partial charge in [-0.2, -0.15) is 0 Å². The number of ether oxygens (including phenoxy) is 1. The van der Waals surface area contributed by atoms with Crippen molar-refractivity contribution in [1.82, 2.24) is 14.9 Å². The van der Waals surface area contributed by atoms with Crippen molar-refractivity contribution in [2.75, 3.05) is 7.11 Å². The fourth-order valence-electron chi connectivity index (χ4n) is 2.56. The van der Waals surface area contributed by atoms with Gasteiger partial charge in [-0.15, -0.1) is 0 Å². The minimum atomic E-state index is -0.992. The lowest BCUT2D eigenvalue weighted by atomic mass is 10.1. The first-order chi connectivity index (χ1) is 11.0. The highest BCUT2D eigenvalue weighted by Crippen LogP contribution is 2.28. The predicted octanol–water partition coefficient (Wildman–Crippen LogP) is 2.48. The third-order valence-electron chi connectivity index (χ3n) is 3.79. The number of amides is 1. The molecule has 0 saturated heterocycles. The van der Waals surface area contributed by atoms with Crippen LogP contribution < -0.4 is 4.74 Å². The normalized spacial score (nSPS) is 13.1. The van der Waals surface area contributed by atoms with Crippen LogP contribution in [0.4, 0.5) is 8.78 Å². The monoisotopic (exact) mass is 319 g/mol. The molecule has 1 amide bonds. The molecule has 0 fully saturated rings. The van der Waals surface area contributed by atoms with E-state index in [-0.39, 0.29) is 12.1 Å². The summed E-state index contributed by atoms with van der Waals surface area (Å²) < 4.78 is 32.4. The Labute approximate surface area is 131 Å². The van der Waals surface area contributed by atoms with Crippen molar-refractivity contribution < 1.29 is 18.3 Å². The van der Waals surface area contributed by atoms with E-state index in [9.17, 15) is 13.6 Å². The third kappa shape index (κ3) is 2.62. The zero-order chi connectivity index (χ0) is 16.6. The molecule has 120 valence electrons. The fraction of sp³-hybridized carbons (Fsp3) is 0.312. The van der Waals surface area contributed by atoms with Crippen LogP contribution in [0.3, 0.4) is 0 Å². The number of hydrogen-bond acceptors (Lipinski definition) is 4. The summed E-state index contributed by atoms with van der Waals surface area (Å²) in [6, 6.07) is 2.15. The highest BCUT2D eigenvalue weighted by atomic mass is 19.1. The number of methoxy groups -OCH3 is 1. The second-order valence-electron chi connectivity index (χ2n) is 5.22. The van der Waals surface area contributed by atoms with E-state index >= 15 is 0 Å². The Morgan fingerprint density at radius 3 is 2.83 bits per heavy atom. The SMILES string of the molecule is CCc1ncc2c(n1)CN(C(=O)c1ccc(F)c(OC)c1F)C2. The molecule has 1 aromatic carbocycles. The van der Waals surface area contributed by atoms with Gasteiger partial charge in [-0.05, 0) is 12.1 Å². The number of halogens is 2. The van der Waals surface area contributed by atoms with Crippen molar-refractivity contribution in [3.05, 3.63) is 52.6 Å². The van der Waals surface area contributed by atoms with Gasteiger partial charge in [0, 0.05) is 24.7 Å². The van der Waals surface area contributed by atoms with Gasteiger partial charge in [0.15, 0.2) is 17.4 Å². The highest BCUT2D eigenvalue weighted by Gasteiger charge is 2.29. The van der Waals surface area contributed by atoms with E-state index in [4.69, 9.17) is 0 Å². The van der Waals surface area contributed by atoms with Gasteiger partial charge in [0.25, 0.3) is 5.91 Å². The number of carbonyl (C=O) groups excluding carboxylic acids is 1. The predicted molar refractivity (Wildman–Crippen MR) is 77.9 cm³/mol.